The summed E-state index contributed by atoms with van der Waals surface area (Å²) in [5, 5.41) is 1.33. The summed E-state index contributed by atoms with van der Waals surface area (Å²) in [4.78, 5) is 22.1. The van der Waals surface area contributed by atoms with Crippen molar-refractivity contribution in [3.05, 3.63) is 35.9 Å². The Labute approximate surface area is 128 Å². The molecule has 1 aromatic carbocycles. The van der Waals surface area contributed by atoms with Crippen molar-refractivity contribution >= 4 is 19.2 Å². The highest BCUT2D eigenvalue weighted by atomic mass is 28.3. The monoisotopic (exact) mass is 305 g/mol. The van der Waals surface area contributed by atoms with Gasteiger partial charge in [0.05, 0.1) is 13.6 Å². The van der Waals surface area contributed by atoms with Crippen LogP contribution in [0.3, 0.4) is 0 Å². The van der Waals surface area contributed by atoms with E-state index in [1.165, 1.54) is 5.19 Å². The Morgan fingerprint density at radius 1 is 1.10 bits per heavy atom. The van der Waals surface area contributed by atoms with Crippen molar-refractivity contribution in [2.45, 2.75) is 52.2 Å². The van der Waals surface area contributed by atoms with Crippen LogP contribution in [0.25, 0.3) is 0 Å². The molecule has 0 unspecified atom stereocenters. The largest absolute Gasteiger partial charge is 0.373 e. The summed E-state index contributed by atoms with van der Waals surface area (Å²) in [6.45, 7) is 9.08. The second-order valence-electron chi connectivity index (χ2n) is 7.00. The van der Waals surface area contributed by atoms with Gasteiger partial charge >= 0.3 is 5.97 Å². The number of benzene rings is 1. The standard InChI is InChI=1S/C17H25O3Si/c1-13-5-9-15(10-6-13)19-20-17(18)14-7-11-16(12-8-14)21(2,3)4/h7-8,11-13H,5-6,9-10H2,1-4H3. The highest BCUT2D eigenvalue weighted by molar-refractivity contribution is 6.88. The summed E-state index contributed by atoms with van der Waals surface area (Å²) in [5.74, 6) is 0.324. The number of hydrogen-bond acceptors (Lipinski definition) is 3. The molecule has 1 saturated carbocycles. The van der Waals surface area contributed by atoms with Gasteiger partial charge in [-0.05, 0) is 43.7 Å². The maximum Gasteiger partial charge on any atom is 0.373 e. The van der Waals surface area contributed by atoms with Crippen LogP contribution >= 0.6 is 0 Å². The minimum atomic E-state index is -1.33. The van der Waals surface area contributed by atoms with Crippen LogP contribution in [0.2, 0.25) is 19.6 Å². The van der Waals surface area contributed by atoms with Crippen molar-refractivity contribution < 1.29 is 14.6 Å². The summed E-state index contributed by atoms with van der Waals surface area (Å²) >= 11 is 0. The van der Waals surface area contributed by atoms with Gasteiger partial charge in [-0.15, -0.1) is 0 Å². The second-order valence-corrected chi connectivity index (χ2v) is 12.1. The average molecular weight is 305 g/mol. The van der Waals surface area contributed by atoms with Crippen molar-refractivity contribution in [1.82, 2.24) is 0 Å². The predicted molar refractivity (Wildman–Crippen MR) is 86.8 cm³/mol. The Hall–Kier alpha value is -1.13. The van der Waals surface area contributed by atoms with Crippen molar-refractivity contribution in [3.8, 4) is 0 Å². The molecule has 4 heteroatoms. The first-order chi connectivity index (χ1) is 9.86. The quantitative estimate of drug-likeness (QED) is 0.478. The van der Waals surface area contributed by atoms with E-state index in [4.69, 9.17) is 9.78 Å². The Bertz CT molecular complexity index is 468. The lowest BCUT2D eigenvalue weighted by atomic mass is 9.89. The summed E-state index contributed by atoms with van der Waals surface area (Å²) in [7, 11) is -1.33. The molecule has 1 radical (unpaired) electrons. The van der Waals surface area contributed by atoms with Gasteiger partial charge in [-0.2, -0.15) is 4.89 Å². The van der Waals surface area contributed by atoms with E-state index in [-0.39, 0.29) is 0 Å². The molecule has 0 spiro atoms. The molecule has 1 fully saturated rings. The van der Waals surface area contributed by atoms with Gasteiger partial charge < -0.3 is 0 Å². The minimum Gasteiger partial charge on any atom is -0.292 e. The first-order valence-corrected chi connectivity index (χ1v) is 11.2. The van der Waals surface area contributed by atoms with Crippen molar-refractivity contribution in [3.63, 3.8) is 0 Å². The second kappa shape index (κ2) is 6.75. The van der Waals surface area contributed by atoms with Gasteiger partial charge in [0.15, 0.2) is 0 Å². The summed E-state index contributed by atoms with van der Waals surface area (Å²) in [6.07, 6.45) is 4.89. The van der Waals surface area contributed by atoms with Gasteiger partial charge in [0.25, 0.3) is 0 Å². The molecule has 1 aliphatic rings. The number of rotatable bonds is 4. The van der Waals surface area contributed by atoms with Gasteiger partial charge in [-0.1, -0.05) is 43.9 Å². The Kier molecular flexibility index (Phi) is 5.22. The van der Waals surface area contributed by atoms with E-state index in [0.29, 0.717) is 5.56 Å². The molecule has 0 atom stereocenters. The maximum atomic E-state index is 12.0. The Morgan fingerprint density at radius 2 is 1.67 bits per heavy atom. The third kappa shape index (κ3) is 4.68. The van der Waals surface area contributed by atoms with E-state index >= 15 is 0 Å². The van der Waals surface area contributed by atoms with Crippen molar-refractivity contribution in [2.75, 3.05) is 0 Å². The van der Waals surface area contributed by atoms with E-state index in [9.17, 15) is 4.79 Å². The van der Waals surface area contributed by atoms with Crippen LogP contribution in [0.15, 0.2) is 24.3 Å². The Balaban J connectivity index is 1.86. The maximum absolute atomic E-state index is 12.0. The topological polar surface area (TPSA) is 35.5 Å². The van der Waals surface area contributed by atoms with E-state index in [0.717, 1.165) is 37.7 Å². The molecule has 0 aliphatic heterocycles. The smallest absolute Gasteiger partial charge is 0.292 e. The molecule has 3 nitrogen and oxygen atoms in total. The number of carbonyl (C=O) groups excluding carboxylic acids is 1. The van der Waals surface area contributed by atoms with E-state index in [1.807, 2.05) is 24.3 Å². The average Bonchev–Trinajstić information content (AvgIpc) is 2.45. The lowest BCUT2D eigenvalue weighted by Crippen LogP contribution is -2.37. The minimum absolute atomic E-state index is 0.414. The molecule has 2 rings (SSSR count). The van der Waals surface area contributed by atoms with Gasteiger partial charge in [-0.3, -0.25) is 4.89 Å². The van der Waals surface area contributed by atoms with Gasteiger partial charge in [0.1, 0.15) is 6.10 Å². The first-order valence-electron chi connectivity index (χ1n) is 7.70. The molecule has 0 saturated heterocycles. The molecule has 0 heterocycles. The molecule has 115 valence electrons. The summed E-state index contributed by atoms with van der Waals surface area (Å²) in [6, 6.07) is 7.70. The van der Waals surface area contributed by atoms with Gasteiger partial charge in [-0.25, -0.2) is 4.79 Å². The van der Waals surface area contributed by atoms with Crippen LogP contribution < -0.4 is 5.19 Å². The van der Waals surface area contributed by atoms with Crippen LogP contribution in [-0.4, -0.2) is 14.0 Å². The zero-order valence-electron chi connectivity index (χ0n) is 13.4. The normalized spacial score (nSPS) is 17.7. The lowest BCUT2D eigenvalue weighted by Gasteiger charge is -2.23. The summed E-state index contributed by atoms with van der Waals surface area (Å²) < 4.78 is 0. The molecular weight excluding hydrogens is 280 g/mol. The molecule has 21 heavy (non-hydrogen) atoms. The van der Waals surface area contributed by atoms with Crippen LogP contribution in [0.4, 0.5) is 0 Å². The third-order valence-electron chi connectivity index (χ3n) is 4.05. The molecule has 1 aromatic rings. The fraction of sp³-hybridized carbons (Fsp3) is 0.529. The van der Waals surface area contributed by atoms with Gasteiger partial charge in [0.2, 0.25) is 0 Å². The highest BCUT2D eigenvalue weighted by Gasteiger charge is 2.23. The zero-order valence-corrected chi connectivity index (χ0v) is 14.4. The molecule has 0 bridgehead atoms. The predicted octanol–water partition coefficient (Wildman–Crippen LogP) is 4.06. The lowest BCUT2D eigenvalue weighted by molar-refractivity contribution is -0.240. The molecule has 0 aromatic heterocycles. The van der Waals surface area contributed by atoms with E-state index in [1.54, 1.807) is 0 Å². The third-order valence-corrected chi connectivity index (χ3v) is 6.12. The van der Waals surface area contributed by atoms with Gasteiger partial charge in [0, 0.05) is 0 Å². The van der Waals surface area contributed by atoms with Crippen LogP contribution in [0.5, 0.6) is 0 Å². The zero-order chi connectivity index (χ0) is 15.5. The van der Waals surface area contributed by atoms with Crippen LogP contribution in [-0.2, 0) is 9.78 Å². The van der Waals surface area contributed by atoms with E-state index in [2.05, 4.69) is 26.6 Å². The fourth-order valence-electron chi connectivity index (χ4n) is 2.42. The van der Waals surface area contributed by atoms with E-state index < -0.39 is 14.0 Å². The molecule has 0 amide bonds. The van der Waals surface area contributed by atoms with Crippen molar-refractivity contribution in [1.29, 1.82) is 0 Å². The molecule has 1 aliphatic carbocycles. The summed E-state index contributed by atoms with van der Waals surface area (Å²) in [5.41, 5.74) is 0.543. The number of carbonyl (C=O) groups is 1. The number of hydrogen-bond donors (Lipinski definition) is 0. The van der Waals surface area contributed by atoms with Crippen LogP contribution in [0.1, 0.15) is 43.0 Å². The van der Waals surface area contributed by atoms with Crippen molar-refractivity contribution in [2.24, 2.45) is 5.92 Å². The first kappa shape index (κ1) is 16.2. The molecule has 0 N–H and O–H groups in total. The molecular formula is C17H25O3Si. The fourth-order valence-corrected chi connectivity index (χ4v) is 3.59. The Morgan fingerprint density at radius 3 is 2.19 bits per heavy atom. The highest BCUT2D eigenvalue weighted by Crippen LogP contribution is 2.30. The van der Waals surface area contributed by atoms with Crippen LogP contribution in [0, 0.1) is 12.0 Å². The SMILES string of the molecule is CC1CC[C](OOC(=O)c2ccc([Si](C)(C)C)cc2)CC1.